The molecule has 0 aromatic heterocycles. The van der Waals surface area contributed by atoms with Gasteiger partial charge >= 0.3 is 11.9 Å². The van der Waals surface area contributed by atoms with Crippen molar-refractivity contribution in [1.29, 1.82) is 0 Å². The Morgan fingerprint density at radius 3 is 2.45 bits per heavy atom. The van der Waals surface area contributed by atoms with Crippen LogP contribution in [-0.2, 0) is 19.1 Å². The number of hydrogen-bond acceptors (Lipinski definition) is 6. The Morgan fingerprint density at radius 1 is 1.06 bits per heavy atom. The van der Waals surface area contributed by atoms with Gasteiger partial charge in [-0.2, -0.15) is 0 Å². The monoisotopic (exact) mass is 464 g/mol. The highest BCUT2D eigenvalue weighted by molar-refractivity contribution is 5.69. The predicted octanol–water partition coefficient (Wildman–Crippen LogP) is 4.11. The Kier molecular flexibility index (Phi) is 6.92. The summed E-state index contributed by atoms with van der Waals surface area (Å²) in [5, 5.41) is 22.1. The van der Waals surface area contributed by atoms with Crippen molar-refractivity contribution in [2.24, 2.45) is 46.3 Å². The second-order valence-electron chi connectivity index (χ2n) is 12.2. The highest BCUT2D eigenvalue weighted by atomic mass is 16.5. The van der Waals surface area contributed by atoms with Crippen LogP contribution < -0.4 is 0 Å². The van der Waals surface area contributed by atoms with Gasteiger partial charge in [0.1, 0.15) is 6.10 Å². The van der Waals surface area contributed by atoms with E-state index in [1.54, 1.807) is 0 Å². The molecule has 188 valence electrons. The van der Waals surface area contributed by atoms with Crippen LogP contribution in [0.5, 0.6) is 0 Å². The van der Waals surface area contributed by atoms with E-state index in [-0.39, 0.29) is 40.9 Å². The van der Waals surface area contributed by atoms with E-state index < -0.39 is 6.10 Å². The molecule has 0 spiro atoms. The van der Waals surface area contributed by atoms with Crippen LogP contribution in [0.3, 0.4) is 0 Å². The van der Waals surface area contributed by atoms with Crippen molar-refractivity contribution >= 4 is 11.9 Å². The summed E-state index contributed by atoms with van der Waals surface area (Å²) in [6.07, 6.45) is 6.54. The van der Waals surface area contributed by atoms with Gasteiger partial charge in [-0.15, -0.1) is 0 Å². The fourth-order valence-corrected chi connectivity index (χ4v) is 9.09. The molecule has 4 aliphatic rings. The summed E-state index contributed by atoms with van der Waals surface area (Å²) < 4.78 is 10.9. The van der Waals surface area contributed by atoms with Gasteiger partial charge in [-0.25, -0.2) is 0 Å². The van der Waals surface area contributed by atoms with E-state index in [0.717, 1.165) is 51.4 Å². The van der Waals surface area contributed by atoms with Crippen LogP contribution in [-0.4, -0.2) is 47.6 Å². The van der Waals surface area contributed by atoms with Crippen LogP contribution in [0.25, 0.3) is 0 Å². The third kappa shape index (κ3) is 4.13. The lowest BCUT2D eigenvalue weighted by atomic mass is 9.43. The van der Waals surface area contributed by atoms with Crippen LogP contribution in [0, 0.1) is 46.3 Å². The summed E-state index contributed by atoms with van der Waals surface area (Å²) >= 11 is 0. The smallest absolute Gasteiger partial charge is 0.305 e. The molecule has 11 atom stereocenters. The third-order valence-electron chi connectivity index (χ3n) is 10.8. The average molecular weight is 465 g/mol. The van der Waals surface area contributed by atoms with Gasteiger partial charge in [0, 0.05) is 19.3 Å². The lowest BCUT2D eigenvalue weighted by Crippen LogP contribution is -2.62. The Labute approximate surface area is 198 Å². The molecule has 4 saturated carbocycles. The third-order valence-corrected chi connectivity index (χ3v) is 10.8. The Hall–Kier alpha value is -1.14. The molecule has 6 nitrogen and oxygen atoms in total. The molecule has 0 aliphatic heterocycles. The fourth-order valence-electron chi connectivity index (χ4n) is 9.09. The first-order valence-electron chi connectivity index (χ1n) is 13.1. The molecular formula is C27H44O6. The maximum absolute atomic E-state index is 12.1. The predicted molar refractivity (Wildman–Crippen MR) is 124 cm³/mol. The highest BCUT2D eigenvalue weighted by Gasteiger charge is 2.66. The first-order valence-corrected chi connectivity index (χ1v) is 13.1. The minimum atomic E-state index is -0.405. The molecule has 2 N–H and O–H groups in total. The highest BCUT2D eigenvalue weighted by Crippen LogP contribution is 2.68. The molecule has 4 rings (SSSR count). The molecule has 0 heterocycles. The van der Waals surface area contributed by atoms with E-state index in [2.05, 4.69) is 20.8 Å². The van der Waals surface area contributed by atoms with Gasteiger partial charge in [-0.05, 0) is 91.8 Å². The summed E-state index contributed by atoms with van der Waals surface area (Å²) in [7, 11) is 1.43. The van der Waals surface area contributed by atoms with Gasteiger partial charge in [0.25, 0.3) is 0 Å². The van der Waals surface area contributed by atoms with E-state index in [1.807, 2.05) is 0 Å². The topological polar surface area (TPSA) is 93.1 Å². The second-order valence-corrected chi connectivity index (χ2v) is 12.2. The van der Waals surface area contributed by atoms with E-state index >= 15 is 0 Å². The van der Waals surface area contributed by atoms with Crippen LogP contribution in [0.1, 0.15) is 85.5 Å². The first kappa shape index (κ1) is 25.0. The van der Waals surface area contributed by atoms with E-state index in [4.69, 9.17) is 9.47 Å². The first-order chi connectivity index (χ1) is 15.5. The molecule has 0 amide bonds. The Morgan fingerprint density at radius 2 is 1.79 bits per heavy atom. The normalized spacial score (nSPS) is 47.6. The van der Waals surface area contributed by atoms with Gasteiger partial charge in [-0.1, -0.05) is 20.8 Å². The minimum Gasteiger partial charge on any atom is -0.469 e. The summed E-state index contributed by atoms with van der Waals surface area (Å²) in [4.78, 5) is 23.9. The van der Waals surface area contributed by atoms with Gasteiger partial charge in [-0.3, -0.25) is 9.59 Å². The number of ether oxygens (including phenoxy) is 2. The molecule has 0 saturated heterocycles. The van der Waals surface area contributed by atoms with Gasteiger partial charge in [0.05, 0.1) is 19.3 Å². The quantitative estimate of drug-likeness (QED) is 0.595. The number of carbonyl (C=O) groups is 2. The molecule has 0 aromatic rings. The van der Waals surface area contributed by atoms with Gasteiger partial charge < -0.3 is 19.7 Å². The summed E-state index contributed by atoms with van der Waals surface area (Å²) in [5.74, 6) is 1.40. The van der Waals surface area contributed by atoms with Gasteiger partial charge in [0.2, 0.25) is 0 Å². The number of rotatable bonds is 5. The van der Waals surface area contributed by atoms with Crippen molar-refractivity contribution < 1.29 is 29.3 Å². The van der Waals surface area contributed by atoms with Crippen molar-refractivity contribution in [1.82, 2.24) is 0 Å². The molecule has 6 heteroatoms. The maximum atomic E-state index is 12.1. The second kappa shape index (κ2) is 9.14. The zero-order chi connectivity index (χ0) is 24.1. The molecule has 33 heavy (non-hydrogen) atoms. The average Bonchev–Trinajstić information content (AvgIpc) is 3.11. The van der Waals surface area contributed by atoms with Crippen molar-refractivity contribution in [2.45, 2.75) is 104 Å². The van der Waals surface area contributed by atoms with E-state index in [0.29, 0.717) is 36.0 Å². The lowest BCUT2D eigenvalue weighted by molar-refractivity contribution is -0.216. The number of carbonyl (C=O) groups excluding carboxylic acids is 2. The van der Waals surface area contributed by atoms with Crippen molar-refractivity contribution in [3.05, 3.63) is 0 Å². The molecule has 11 unspecified atom stereocenters. The molecular weight excluding hydrogens is 420 g/mol. The molecule has 0 radical (unpaired) electrons. The maximum Gasteiger partial charge on any atom is 0.305 e. The standard InChI is InChI=1S/C27H44O6/c1-15(6-9-24(31)32-5)19-7-8-20-25-21(14-23(30)27(19,20)4)26(3)11-10-18(29)12-17(26)13-22(25)33-16(2)28/h15,17-23,25,29-30H,6-14H2,1-5H3. The number of hydrogen-bond donors (Lipinski definition) is 2. The molecule has 0 aromatic carbocycles. The largest absolute Gasteiger partial charge is 0.469 e. The number of esters is 2. The van der Waals surface area contributed by atoms with E-state index in [1.165, 1.54) is 14.0 Å². The molecule has 0 bridgehead atoms. The minimum absolute atomic E-state index is 0.0669. The fraction of sp³-hybridized carbons (Fsp3) is 0.926. The van der Waals surface area contributed by atoms with Crippen molar-refractivity contribution in [3.8, 4) is 0 Å². The summed E-state index contributed by atoms with van der Waals surface area (Å²) in [5.41, 5.74) is -0.177. The molecule has 4 aliphatic carbocycles. The zero-order valence-electron chi connectivity index (χ0n) is 21.1. The lowest BCUT2D eigenvalue weighted by Gasteiger charge is -2.63. The summed E-state index contributed by atoms with van der Waals surface area (Å²) in [6.45, 7) is 8.34. The van der Waals surface area contributed by atoms with Crippen molar-refractivity contribution in [3.63, 3.8) is 0 Å². The zero-order valence-corrected chi connectivity index (χ0v) is 21.1. The Bertz CT molecular complexity index is 753. The Balaban J connectivity index is 1.64. The van der Waals surface area contributed by atoms with Crippen LogP contribution in [0.4, 0.5) is 0 Å². The van der Waals surface area contributed by atoms with Crippen LogP contribution >= 0.6 is 0 Å². The number of aliphatic hydroxyl groups is 2. The summed E-state index contributed by atoms with van der Waals surface area (Å²) in [6, 6.07) is 0. The number of aliphatic hydroxyl groups excluding tert-OH is 2. The molecule has 4 fully saturated rings. The van der Waals surface area contributed by atoms with E-state index in [9.17, 15) is 19.8 Å². The number of methoxy groups -OCH3 is 1. The van der Waals surface area contributed by atoms with Crippen LogP contribution in [0.2, 0.25) is 0 Å². The van der Waals surface area contributed by atoms with Crippen molar-refractivity contribution in [2.75, 3.05) is 7.11 Å². The van der Waals surface area contributed by atoms with Crippen LogP contribution in [0.15, 0.2) is 0 Å². The SMILES string of the molecule is COC(=O)CCC(C)C1CCC2C3C(OC(C)=O)CC4CC(O)CCC4(C)C3CC(O)C12C. The number of fused-ring (bicyclic) bond motifs is 5. The van der Waals surface area contributed by atoms with Gasteiger partial charge in [0.15, 0.2) is 0 Å².